The Morgan fingerprint density at radius 2 is 2.67 bits per heavy atom. The van der Waals surface area contributed by atoms with E-state index in [1.807, 2.05) is 13.0 Å². The second-order valence-electron chi connectivity index (χ2n) is 1.63. The monoisotopic (exact) mass is 122 g/mol. The third kappa shape index (κ3) is 1.19. The third-order valence-corrected chi connectivity index (χ3v) is 0.965. The van der Waals surface area contributed by atoms with E-state index < -0.39 is 0 Å². The van der Waals surface area contributed by atoms with E-state index in [4.69, 9.17) is 5.21 Å². The molecular weight excluding hydrogens is 115 g/mol. The Morgan fingerprint density at radius 3 is 3.11 bits per heavy atom. The molecule has 0 bridgehead atoms. The summed E-state index contributed by atoms with van der Waals surface area (Å²) >= 11 is 0. The molecule has 0 saturated heterocycles. The minimum atomic E-state index is 0.553. The first kappa shape index (κ1) is 6.07. The molecule has 1 N–H and O–H groups in total. The van der Waals surface area contributed by atoms with Crippen LogP contribution < -0.4 is 0 Å². The van der Waals surface area contributed by atoms with Crippen molar-refractivity contribution in [3.05, 3.63) is 18.0 Å². The van der Waals surface area contributed by atoms with Crippen molar-refractivity contribution < 1.29 is 5.21 Å². The van der Waals surface area contributed by atoms with Crippen molar-refractivity contribution in [1.82, 2.24) is 9.62 Å². The maximum absolute atomic E-state index is 8.88. The molecule has 0 unspecified atom stereocenters. The molecule has 0 aromatic carbocycles. The van der Waals surface area contributed by atoms with Crippen LogP contribution in [0.4, 0.5) is 0 Å². The van der Waals surface area contributed by atoms with Crippen molar-refractivity contribution in [3.8, 4) is 0 Å². The predicted octanol–water partition coefficient (Wildman–Crippen LogP) is 0.492. The summed E-state index contributed by atoms with van der Waals surface area (Å²) in [5, 5.41) is 8.88. The van der Waals surface area contributed by atoms with E-state index in [-0.39, 0.29) is 0 Å². The molecule has 1 heterocycles. The van der Waals surface area contributed by atoms with Gasteiger partial charge in [-0.05, 0) is 0 Å². The van der Waals surface area contributed by atoms with Crippen LogP contribution in [0.3, 0.4) is 0 Å². The van der Waals surface area contributed by atoms with Gasteiger partial charge in [0, 0.05) is 0 Å². The molecule has 0 spiro atoms. The molecule has 0 amide bonds. The van der Waals surface area contributed by atoms with Gasteiger partial charge in [0.2, 0.25) is 0 Å². The van der Waals surface area contributed by atoms with Crippen molar-refractivity contribution in [1.29, 1.82) is 0 Å². The summed E-state index contributed by atoms with van der Waals surface area (Å²) in [6, 6.07) is 0. The zero-order valence-electron chi connectivity index (χ0n) is 5.15. The fourth-order valence-electron chi connectivity index (χ4n) is 0.577. The number of hydrogen-bond acceptors (Lipinski definition) is 2. The molecule has 0 aliphatic heterocycles. The van der Waals surface area contributed by atoms with Crippen LogP contribution in [0, 0.1) is 0 Å². The summed E-state index contributed by atoms with van der Waals surface area (Å²) in [6.45, 7) is 1.87. The van der Waals surface area contributed by atoms with Gasteiger partial charge in [0.15, 0.2) is 0 Å². The number of hydrogen-bond donors (Lipinski definition) is 1. The molecule has 46 valence electrons. The van der Waals surface area contributed by atoms with Crippen LogP contribution >= 0.6 is 0 Å². The minimum absolute atomic E-state index is 0.553. The van der Waals surface area contributed by atoms with Gasteiger partial charge in [-0.3, -0.25) is 0 Å². The van der Waals surface area contributed by atoms with Gasteiger partial charge in [0.05, 0.1) is 0 Å². The topological polar surface area (TPSA) is 38.0 Å². The summed E-state index contributed by atoms with van der Waals surface area (Å²) in [5.41, 5.74) is 0. The zero-order valence-corrected chi connectivity index (χ0v) is 5.15. The Labute approximate surface area is 53.8 Å². The van der Waals surface area contributed by atoms with Crippen molar-refractivity contribution in [3.63, 3.8) is 0 Å². The molecule has 1 aromatic rings. The molecule has 9 heavy (non-hydrogen) atoms. The fourth-order valence-corrected chi connectivity index (χ4v) is 0.577. The molecule has 0 saturated carbocycles. The standard InChI is InChI=1S/C5H7BN2O/c1-2-3-5-7-6-4-8(5)9/h2-4,9H,1H3/b3-2-. The Balaban J connectivity index is 2.94. The average Bonchev–Trinajstić information content (AvgIpc) is 2.18. The summed E-state index contributed by atoms with van der Waals surface area (Å²) in [7, 11) is 1.54. The van der Waals surface area contributed by atoms with Crippen LogP contribution in [-0.2, 0) is 0 Å². The maximum atomic E-state index is 8.88. The number of nitrogens with zero attached hydrogens (tertiary/aromatic N) is 2. The van der Waals surface area contributed by atoms with Crippen LogP contribution in [0.1, 0.15) is 12.7 Å². The van der Waals surface area contributed by atoms with Crippen LogP contribution in [-0.4, -0.2) is 21.9 Å². The number of allylic oxidation sites excluding steroid dienone is 1. The SMILES string of the molecule is C/C=C\c1nbcn1O. The normalized spacial score (nSPS) is 10.3. The van der Waals surface area contributed by atoms with Gasteiger partial charge in [-0.25, -0.2) is 0 Å². The number of aromatic nitrogens is 2. The first-order valence-corrected chi connectivity index (χ1v) is 2.70. The first-order valence-electron chi connectivity index (χ1n) is 2.70. The van der Waals surface area contributed by atoms with Crippen LogP contribution in [0.2, 0.25) is 0 Å². The van der Waals surface area contributed by atoms with E-state index >= 15 is 0 Å². The second-order valence-corrected chi connectivity index (χ2v) is 1.63. The van der Waals surface area contributed by atoms with Gasteiger partial charge in [-0.1, -0.05) is 0 Å². The molecule has 0 atom stereocenters. The molecule has 0 radical (unpaired) electrons. The summed E-state index contributed by atoms with van der Waals surface area (Å²) < 4.78 is 0.972. The fraction of sp³-hybridized carbons (Fsp3) is 0.200. The second kappa shape index (κ2) is 2.48. The van der Waals surface area contributed by atoms with Crippen molar-refractivity contribution in [2.24, 2.45) is 0 Å². The summed E-state index contributed by atoms with van der Waals surface area (Å²) in [4.78, 5) is 3.83. The van der Waals surface area contributed by atoms with Gasteiger partial charge in [0.25, 0.3) is 0 Å². The van der Waals surface area contributed by atoms with Crippen LogP contribution in [0.5, 0.6) is 0 Å². The van der Waals surface area contributed by atoms with Crippen LogP contribution in [0.15, 0.2) is 12.2 Å². The van der Waals surface area contributed by atoms with Gasteiger partial charge < -0.3 is 0 Å². The van der Waals surface area contributed by atoms with Crippen molar-refractivity contribution in [2.75, 3.05) is 0 Å². The summed E-state index contributed by atoms with van der Waals surface area (Å²) in [6.07, 6.45) is 5.02. The van der Waals surface area contributed by atoms with Gasteiger partial charge in [-0.15, -0.1) is 0 Å². The average molecular weight is 122 g/mol. The Bertz CT molecular complexity index is 218. The van der Waals surface area contributed by atoms with Crippen molar-refractivity contribution >= 4 is 13.1 Å². The van der Waals surface area contributed by atoms with Gasteiger partial charge in [-0.2, -0.15) is 0 Å². The third-order valence-electron chi connectivity index (χ3n) is 0.965. The Kier molecular flexibility index (Phi) is 1.67. The number of rotatable bonds is 1. The molecule has 1 rings (SSSR count). The Morgan fingerprint density at radius 1 is 1.89 bits per heavy atom. The molecule has 3 nitrogen and oxygen atoms in total. The van der Waals surface area contributed by atoms with Crippen LogP contribution in [0.25, 0.3) is 6.08 Å². The quantitative estimate of drug-likeness (QED) is 0.550. The molecule has 4 heteroatoms. The molecule has 0 fully saturated rings. The molecule has 1 aromatic heterocycles. The van der Waals surface area contributed by atoms with E-state index in [1.54, 1.807) is 6.08 Å². The van der Waals surface area contributed by atoms with E-state index in [1.165, 1.54) is 13.1 Å². The molecule has 0 aliphatic carbocycles. The van der Waals surface area contributed by atoms with Crippen molar-refractivity contribution in [2.45, 2.75) is 6.92 Å². The molecule has 0 aliphatic rings. The molecular formula is C5H7BN2O. The van der Waals surface area contributed by atoms with Gasteiger partial charge in [0.1, 0.15) is 0 Å². The van der Waals surface area contributed by atoms with E-state index in [2.05, 4.69) is 4.89 Å². The zero-order chi connectivity index (χ0) is 6.69. The van der Waals surface area contributed by atoms with E-state index in [9.17, 15) is 0 Å². The predicted molar refractivity (Wildman–Crippen MR) is 35.5 cm³/mol. The van der Waals surface area contributed by atoms with Gasteiger partial charge >= 0.3 is 52.9 Å². The van der Waals surface area contributed by atoms with E-state index in [0.29, 0.717) is 5.82 Å². The van der Waals surface area contributed by atoms with E-state index in [0.717, 1.165) is 4.73 Å². The summed E-state index contributed by atoms with van der Waals surface area (Å²) in [5.74, 6) is 0.553. The Hall–Kier alpha value is -1.06. The first-order chi connectivity index (χ1) is 4.34.